The van der Waals surface area contributed by atoms with Gasteiger partial charge in [0.2, 0.25) is 0 Å². The van der Waals surface area contributed by atoms with Crippen molar-refractivity contribution in [3.8, 4) is 141 Å². The number of benzene rings is 9. The highest BCUT2D eigenvalue weighted by Gasteiger charge is 2.20. The van der Waals surface area contributed by atoms with Crippen LogP contribution < -0.4 is 0 Å². The van der Waals surface area contributed by atoms with E-state index in [-0.39, 0.29) is 0 Å². The second-order valence-electron chi connectivity index (χ2n) is 18.9. The summed E-state index contributed by atoms with van der Waals surface area (Å²) in [7, 11) is 0. The number of hydrogen-bond acceptors (Lipinski definition) is 6. The molecule has 0 saturated heterocycles. The van der Waals surface area contributed by atoms with Crippen molar-refractivity contribution in [2.75, 3.05) is 0 Å². The van der Waals surface area contributed by atoms with Gasteiger partial charge in [-0.1, -0.05) is 176 Å². The average Bonchev–Trinajstić information content (AvgIpc) is 3.59. The molecule has 78 heavy (non-hydrogen) atoms. The SMILES string of the molecule is N#Cc1cc(-c2ccccn2)ccc1-c1ccccc1-c1cc(-c2ccccc2-c2ccc(-c3ccccn3)cc2C#N)cc(-c2ccccc2-c2ccc(-c3cc(-c4ccc(-c5ccccc5)cc4)ccn3)cc2C#N)c1. The molecule has 0 atom stereocenters. The first-order valence-electron chi connectivity index (χ1n) is 25.6. The summed E-state index contributed by atoms with van der Waals surface area (Å²) in [4.78, 5) is 13.9. The number of pyridine rings is 3. The monoisotopic (exact) mass is 992 g/mol. The molecule has 0 amide bonds. The molecule has 0 aliphatic heterocycles. The summed E-state index contributed by atoms with van der Waals surface area (Å²) >= 11 is 0. The fraction of sp³-hybridized carbons (Fsp3) is 0. The summed E-state index contributed by atoms with van der Waals surface area (Å²) in [5.41, 5.74) is 21.5. The Balaban J connectivity index is 0.990. The first-order chi connectivity index (χ1) is 38.5. The molecule has 0 aliphatic carbocycles. The highest BCUT2D eigenvalue weighted by molar-refractivity contribution is 5.96. The molecule has 0 fully saturated rings. The maximum atomic E-state index is 11.0. The molecule has 0 N–H and O–H groups in total. The molecular weight excluding hydrogens is 949 g/mol. The minimum Gasteiger partial charge on any atom is -0.256 e. The zero-order valence-electron chi connectivity index (χ0n) is 42.1. The van der Waals surface area contributed by atoms with Crippen molar-refractivity contribution >= 4 is 0 Å². The third-order valence-electron chi connectivity index (χ3n) is 14.2. The second kappa shape index (κ2) is 21.4. The summed E-state index contributed by atoms with van der Waals surface area (Å²) in [5, 5.41) is 32.4. The van der Waals surface area contributed by atoms with Crippen LogP contribution in [0, 0.1) is 34.0 Å². The van der Waals surface area contributed by atoms with E-state index in [2.05, 4.69) is 125 Å². The lowest BCUT2D eigenvalue weighted by atomic mass is 9.84. The number of aromatic nitrogens is 3. The highest BCUT2D eigenvalue weighted by Crippen LogP contribution is 2.44. The van der Waals surface area contributed by atoms with Crippen molar-refractivity contribution in [3.05, 3.63) is 284 Å². The molecule has 362 valence electrons. The van der Waals surface area contributed by atoms with Gasteiger partial charge < -0.3 is 0 Å². The van der Waals surface area contributed by atoms with Crippen LogP contribution in [0.25, 0.3) is 123 Å². The van der Waals surface area contributed by atoms with Crippen molar-refractivity contribution in [2.45, 2.75) is 0 Å². The van der Waals surface area contributed by atoms with Crippen LogP contribution >= 0.6 is 0 Å². The molecule has 3 aromatic heterocycles. The Morgan fingerprint density at radius 3 is 0.936 bits per heavy atom. The largest absolute Gasteiger partial charge is 0.256 e. The van der Waals surface area contributed by atoms with Crippen LogP contribution in [0.5, 0.6) is 0 Å². The maximum absolute atomic E-state index is 11.0. The molecule has 12 aromatic rings. The summed E-state index contributed by atoms with van der Waals surface area (Å²) in [5.74, 6) is 0. The lowest BCUT2D eigenvalue weighted by molar-refractivity contribution is 1.32. The Hall–Kier alpha value is -11.1. The lowest BCUT2D eigenvalue weighted by Crippen LogP contribution is -1.95. The molecule has 0 bridgehead atoms. The van der Waals surface area contributed by atoms with Gasteiger partial charge in [0.1, 0.15) is 0 Å². The summed E-state index contributed by atoms with van der Waals surface area (Å²) in [6.07, 6.45) is 5.33. The average molecular weight is 993 g/mol. The molecule has 0 radical (unpaired) electrons. The third kappa shape index (κ3) is 9.51. The predicted octanol–water partition coefficient (Wildman–Crippen LogP) is 17.8. The van der Waals surface area contributed by atoms with E-state index in [4.69, 9.17) is 4.98 Å². The highest BCUT2D eigenvalue weighted by atomic mass is 14.7. The first-order valence-corrected chi connectivity index (χ1v) is 25.6. The van der Waals surface area contributed by atoms with Gasteiger partial charge in [0.25, 0.3) is 0 Å². The summed E-state index contributed by atoms with van der Waals surface area (Å²) < 4.78 is 0. The predicted molar refractivity (Wildman–Crippen MR) is 314 cm³/mol. The van der Waals surface area contributed by atoms with Crippen LogP contribution in [0.15, 0.2) is 267 Å². The fourth-order valence-corrected chi connectivity index (χ4v) is 10.4. The minimum absolute atomic E-state index is 0.516. The summed E-state index contributed by atoms with van der Waals surface area (Å²) in [6, 6.07) is 91.1. The molecule has 0 spiro atoms. The Morgan fingerprint density at radius 1 is 0.205 bits per heavy atom. The van der Waals surface area contributed by atoms with Crippen molar-refractivity contribution in [3.63, 3.8) is 0 Å². The van der Waals surface area contributed by atoms with E-state index in [1.165, 1.54) is 0 Å². The van der Waals surface area contributed by atoms with Crippen molar-refractivity contribution in [1.82, 2.24) is 15.0 Å². The van der Waals surface area contributed by atoms with Crippen molar-refractivity contribution in [1.29, 1.82) is 15.8 Å². The molecule has 0 unspecified atom stereocenters. The number of rotatable bonds is 11. The van der Waals surface area contributed by atoms with Gasteiger partial charge in [0, 0.05) is 52.0 Å². The van der Waals surface area contributed by atoms with E-state index < -0.39 is 0 Å². The molecule has 6 heteroatoms. The molecule has 3 heterocycles. The number of nitrogens with zero attached hydrogens (tertiary/aromatic N) is 6. The van der Waals surface area contributed by atoms with Crippen LogP contribution in [-0.2, 0) is 0 Å². The van der Waals surface area contributed by atoms with Crippen LogP contribution in [-0.4, -0.2) is 15.0 Å². The van der Waals surface area contributed by atoms with Crippen LogP contribution in [0.3, 0.4) is 0 Å². The van der Waals surface area contributed by atoms with E-state index in [1.807, 2.05) is 158 Å². The second-order valence-corrected chi connectivity index (χ2v) is 18.9. The van der Waals surface area contributed by atoms with Crippen LogP contribution in [0.4, 0.5) is 0 Å². The van der Waals surface area contributed by atoms with Gasteiger partial charge in [-0.05, 0) is 145 Å². The van der Waals surface area contributed by atoms with Gasteiger partial charge in [-0.25, -0.2) is 0 Å². The molecule has 0 saturated carbocycles. The Labute approximate surface area is 453 Å². The normalized spacial score (nSPS) is 10.8. The summed E-state index contributed by atoms with van der Waals surface area (Å²) in [6.45, 7) is 0. The zero-order valence-corrected chi connectivity index (χ0v) is 42.1. The maximum Gasteiger partial charge on any atom is 0.0998 e. The minimum atomic E-state index is 0.516. The van der Waals surface area contributed by atoms with Crippen LogP contribution in [0.2, 0.25) is 0 Å². The van der Waals surface area contributed by atoms with E-state index in [0.717, 1.165) is 123 Å². The quantitative estimate of drug-likeness (QED) is 0.128. The molecule has 6 nitrogen and oxygen atoms in total. The lowest BCUT2D eigenvalue weighted by Gasteiger charge is -2.19. The molecule has 0 aliphatic rings. The van der Waals surface area contributed by atoms with Gasteiger partial charge in [-0.15, -0.1) is 0 Å². The molecular formula is C72H44N6. The topological polar surface area (TPSA) is 110 Å². The van der Waals surface area contributed by atoms with Gasteiger partial charge in [-0.2, -0.15) is 15.8 Å². The molecule has 12 rings (SSSR count). The van der Waals surface area contributed by atoms with Gasteiger partial charge in [0.05, 0.1) is 52.0 Å². The van der Waals surface area contributed by atoms with E-state index >= 15 is 0 Å². The van der Waals surface area contributed by atoms with Gasteiger partial charge in [0.15, 0.2) is 0 Å². The van der Waals surface area contributed by atoms with Crippen molar-refractivity contribution in [2.24, 2.45) is 0 Å². The van der Waals surface area contributed by atoms with Gasteiger partial charge >= 0.3 is 0 Å². The fourth-order valence-electron chi connectivity index (χ4n) is 10.4. The number of hydrogen-bond donors (Lipinski definition) is 0. The smallest absolute Gasteiger partial charge is 0.0998 e. The Kier molecular flexibility index (Phi) is 13.1. The van der Waals surface area contributed by atoms with E-state index in [0.29, 0.717) is 16.7 Å². The zero-order chi connectivity index (χ0) is 52.8. The Bertz CT molecular complexity index is 4170. The van der Waals surface area contributed by atoms with Crippen molar-refractivity contribution < 1.29 is 0 Å². The third-order valence-corrected chi connectivity index (χ3v) is 14.2. The van der Waals surface area contributed by atoms with E-state index in [9.17, 15) is 15.8 Å². The Morgan fingerprint density at radius 2 is 0.538 bits per heavy atom. The standard InChI is InChI=1S/C72H44N6/c73-45-58-38-52(70-22-10-12-35-76-70)28-31-64(58)67-19-7-4-16-61(67)55-41-56(62-17-5-8-20-68(62)65-32-29-53(39-59(65)46-74)71-23-11-13-36-77-71)43-57(42-55)63-18-6-9-21-69(63)66-33-30-54(40-60(66)47-75)72-44-51(34-37-78-72)50-26-24-49(25-27-50)48-14-2-1-3-15-48/h1-44H. The molecule has 9 aromatic carbocycles. The van der Waals surface area contributed by atoms with Crippen LogP contribution in [0.1, 0.15) is 16.7 Å². The number of nitriles is 3. The van der Waals surface area contributed by atoms with E-state index in [1.54, 1.807) is 12.4 Å². The first kappa shape index (κ1) is 47.9. The van der Waals surface area contributed by atoms with Gasteiger partial charge in [-0.3, -0.25) is 15.0 Å².